The van der Waals surface area contributed by atoms with Crippen molar-refractivity contribution in [1.29, 1.82) is 0 Å². The molecule has 0 saturated carbocycles. The molecule has 0 spiro atoms. The van der Waals surface area contributed by atoms with Crippen LogP contribution in [0.3, 0.4) is 0 Å². The van der Waals surface area contributed by atoms with E-state index in [1.807, 2.05) is 37.3 Å². The Labute approximate surface area is 156 Å². The molecule has 140 valence electrons. The van der Waals surface area contributed by atoms with E-state index in [9.17, 15) is 13.6 Å². The van der Waals surface area contributed by atoms with Gasteiger partial charge >= 0.3 is 0 Å². The van der Waals surface area contributed by atoms with Gasteiger partial charge in [-0.2, -0.15) is 0 Å². The molecule has 6 heteroatoms. The summed E-state index contributed by atoms with van der Waals surface area (Å²) in [7, 11) is 1.75. The number of nitrogens with zero attached hydrogens (tertiary/aromatic N) is 2. The fraction of sp³-hybridized carbons (Fsp3) is 0.238. The number of carbonyl (C=O) groups is 1. The molecule has 0 aliphatic heterocycles. The van der Waals surface area contributed by atoms with Gasteiger partial charge in [0, 0.05) is 19.9 Å². The monoisotopic (exact) mass is 370 g/mol. The van der Waals surface area contributed by atoms with Crippen LogP contribution in [0.25, 0.3) is 11.3 Å². The summed E-state index contributed by atoms with van der Waals surface area (Å²) in [6.45, 7) is 1.96. The smallest absolute Gasteiger partial charge is 0.223 e. The Bertz CT molecular complexity index is 905. The van der Waals surface area contributed by atoms with Crippen LogP contribution < -0.4 is 0 Å². The van der Waals surface area contributed by atoms with E-state index in [-0.39, 0.29) is 42.0 Å². The molecule has 4 nitrogen and oxygen atoms in total. The fourth-order valence-electron chi connectivity index (χ4n) is 2.84. The molecule has 27 heavy (non-hydrogen) atoms. The summed E-state index contributed by atoms with van der Waals surface area (Å²) < 4.78 is 33.1. The average Bonchev–Trinajstić information content (AvgIpc) is 3.14. The maximum Gasteiger partial charge on any atom is 0.223 e. The molecule has 0 fully saturated rings. The molecule has 0 unspecified atom stereocenters. The van der Waals surface area contributed by atoms with Crippen LogP contribution in [0.15, 0.2) is 59.1 Å². The van der Waals surface area contributed by atoms with E-state index in [1.54, 1.807) is 11.9 Å². The van der Waals surface area contributed by atoms with Crippen molar-refractivity contribution >= 4 is 5.91 Å². The number of oxazole rings is 1. The van der Waals surface area contributed by atoms with Crippen molar-refractivity contribution in [2.24, 2.45) is 0 Å². The van der Waals surface area contributed by atoms with Crippen molar-refractivity contribution in [2.75, 3.05) is 7.05 Å². The minimum atomic E-state index is -0.717. The summed E-state index contributed by atoms with van der Waals surface area (Å²) in [5.74, 6) is -1.22. The van der Waals surface area contributed by atoms with E-state index in [4.69, 9.17) is 4.42 Å². The third-order valence-electron chi connectivity index (χ3n) is 4.57. The number of benzene rings is 2. The van der Waals surface area contributed by atoms with Gasteiger partial charge in [0.15, 0.2) is 11.7 Å². The molecule has 1 aromatic heterocycles. The molecule has 3 aromatic rings. The van der Waals surface area contributed by atoms with Crippen molar-refractivity contribution in [2.45, 2.75) is 25.8 Å². The van der Waals surface area contributed by atoms with Crippen LogP contribution in [0.1, 0.15) is 30.8 Å². The van der Waals surface area contributed by atoms with E-state index in [0.717, 1.165) is 17.7 Å². The molecular formula is C21H20F2N2O2. The number of hydrogen-bond donors (Lipinski definition) is 0. The standard InChI is InChI=1S/C21H20F2N2O2/c1-14(15-7-4-3-5-8-15)25(2)20(26)12-11-19-24-13-18(27-19)21-16(22)9-6-10-17(21)23/h3-10,13-14H,11-12H2,1-2H3/t14-/m0/s1. The maximum atomic E-state index is 13.8. The Balaban J connectivity index is 1.64. The molecule has 3 rings (SSSR count). The molecule has 1 amide bonds. The summed E-state index contributed by atoms with van der Waals surface area (Å²) in [5, 5.41) is 0. The summed E-state index contributed by atoms with van der Waals surface area (Å²) in [5.41, 5.74) is 0.791. The Morgan fingerprint density at radius 1 is 1.11 bits per heavy atom. The van der Waals surface area contributed by atoms with E-state index in [2.05, 4.69) is 4.98 Å². The largest absolute Gasteiger partial charge is 0.441 e. The van der Waals surface area contributed by atoms with Crippen molar-refractivity contribution in [1.82, 2.24) is 9.88 Å². The third-order valence-corrected chi connectivity index (χ3v) is 4.57. The van der Waals surface area contributed by atoms with Crippen LogP contribution in [0.5, 0.6) is 0 Å². The number of aromatic nitrogens is 1. The molecule has 1 atom stereocenters. The first-order valence-corrected chi connectivity index (χ1v) is 8.67. The second-order valence-electron chi connectivity index (χ2n) is 6.31. The highest BCUT2D eigenvalue weighted by atomic mass is 19.1. The van der Waals surface area contributed by atoms with Gasteiger partial charge in [-0.25, -0.2) is 13.8 Å². The molecule has 0 aliphatic carbocycles. The number of aryl methyl sites for hydroxylation is 1. The lowest BCUT2D eigenvalue weighted by atomic mass is 10.1. The van der Waals surface area contributed by atoms with Gasteiger partial charge in [0.25, 0.3) is 0 Å². The van der Waals surface area contributed by atoms with Gasteiger partial charge in [0.1, 0.15) is 11.6 Å². The highest BCUT2D eigenvalue weighted by Crippen LogP contribution is 2.27. The second kappa shape index (κ2) is 8.12. The van der Waals surface area contributed by atoms with Gasteiger partial charge in [-0.1, -0.05) is 36.4 Å². The van der Waals surface area contributed by atoms with Gasteiger partial charge in [-0.05, 0) is 24.6 Å². The number of rotatable bonds is 6. The zero-order valence-electron chi connectivity index (χ0n) is 15.2. The molecule has 0 bridgehead atoms. The van der Waals surface area contributed by atoms with Crippen LogP contribution in [0, 0.1) is 11.6 Å². The highest BCUT2D eigenvalue weighted by molar-refractivity contribution is 5.76. The SMILES string of the molecule is C[C@@H](c1ccccc1)N(C)C(=O)CCc1ncc(-c2c(F)cccc2F)o1. The number of halogens is 2. The number of amides is 1. The quantitative estimate of drug-likeness (QED) is 0.628. The zero-order chi connectivity index (χ0) is 19.4. The molecule has 1 heterocycles. The third kappa shape index (κ3) is 4.22. The highest BCUT2D eigenvalue weighted by Gasteiger charge is 2.19. The predicted molar refractivity (Wildman–Crippen MR) is 97.8 cm³/mol. The molecular weight excluding hydrogens is 350 g/mol. The molecule has 0 radical (unpaired) electrons. The summed E-state index contributed by atoms with van der Waals surface area (Å²) >= 11 is 0. The first-order valence-electron chi connectivity index (χ1n) is 8.67. The van der Waals surface area contributed by atoms with E-state index < -0.39 is 11.6 Å². The van der Waals surface area contributed by atoms with Gasteiger partial charge in [-0.15, -0.1) is 0 Å². The Morgan fingerprint density at radius 3 is 2.44 bits per heavy atom. The Kier molecular flexibility index (Phi) is 5.64. The van der Waals surface area contributed by atoms with Gasteiger partial charge < -0.3 is 9.32 Å². The Hall–Kier alpha value is -3.02. The van der Waals surface area contributed by atoms with E-state index in [1.165, 1.54) is 12.3 Å². The molecule has 0 saturated heterocycles. The zero-order valence-corrected chi connectivity index (χ0v) is 15.2. The van der Waals surface area contributed by atoms with Gasteiger partial charge in [0.05, 0.1) is 17.8 Å². The lowest BCUT2D eigenvalue weighted by molar-refractivity contribution is -0.131. The average molecular weight is 370 g/mol. The Morgan fingerprint density at radius 2 is 1.78 bits per heavy atom. The van der Waals surface area contributed by atoms with Crippen LogP contribution in [0.2, 0.25) is 0 Å². The summed E-state index contributed by atoms with van der Waals surface area (Å²) in [6.07, 6.45) is 1.71. The predicted octanol–water partition coefficient (Wildman–Crippen LogP) is 4.77. The van der Waals surface area contributed by atoms with E-state index in [0.29, 0.717) is 0 Å². The molecule has 0 aliphatic rings. The van der Waals surface area contributed by atoms with Gasteiger partial charge in [0.2, 0.25) is 5.91 Å². The lowest BCUT2D eigenvalue weighted by Gasteiger charge is -2.25. The van der Waals surface area contributed by atoms with Crippen molar-refractivity contribution in [3.63, 3.8) is 0 Å². The molecule has 0 N–H and O–H groups in total. The maximum absolute atomic E-state index is 13.8. The minimum absolute atomic E-state index is 0.0130. The normalized spacial score (nSPS) is 12.0. The van der Waals surface area contributed by atoms with Crippen LogP contribution in [-0.2, 0) is 11.2 Å². The van der Waals surface area contributed by atoms with E-state index >= 15 is 0 Å². The second-order valence-corrected chi connectivity index (χ2v) is 6.31. The first kappa shape index (κ1) is 18.8. The van der Waals surface area contributed by atoms with Crippen molar-refractivity contribution < 1.29 is 18.0 Å². The van der Waals surface area contributed by atoms with Crippen LogP contribution in [-0.4, -0.2) is 22.8 Å². The molecule has 2 aromatic carbocycles. The number of carbonyl (C=O) groups excluding carboxylic acids is 1. The number of hydrogen-bond acceptors (Lipinski definition) is 3. The minimum Gasteiger partial charge on any atom is -0.441 e. The fourth-order valence-corrected chi connectivity index (χ4v) is 2.84. The van der Waals surface area contributed by atoms with Crippen LogP contribution >= 0.6 is 0 Å². The van der Waals surface area contributed by atoms with Crippen molar-refractivity contribution in [3.8, 4) is 11.3 Å². The topological polar surface area (TPSA) is 46.3 Å². The lowest BCUT2D eigenvalue weighted by Crippen LogP contribution is -2.29. The van der Waals surface area contributed by atoms with Crippen molar-refractivity contribution in [3.05, 3.63) is 77.8 Å². The summed E-state index contributed by atoms with van der Waals surface area (Å²) in [4.78, 5) is 18.2. The van der Waals surface area contributed by atoms with Crippen LogP contribution in [0.4, 0.5) is 8.78 Å². The summed E-state index contributed by atoms with van der Waals surface area (Å²) in [6, 6.07) is 13.3. The van der Waals surface area contributed by atoms with Gasteiger partial charge in [-0.3, -0.25) is 4.79 Å². The first-order chi connectivity index (χ1) is 13.0.